The van der Waals surface area contributed by atoms with Gasteiger partial charge in [0, 0.05) is 37.6 Å². The van der Waals surface area contributed by atoms with Crippen LogP contribution in [0, 0.1) is 0 Å². The van der Waals surface area contributed by atoms with Crippen molar-refractivity contribution in [3.05, 3.63) is 53.6 Å². The molecule has 0 radical (unpaired) electrons. The lowest BCUT2D eigenvalue weighted by Crippen LogP contribution is -2.52. The van der Waals surface area contributed by atoms with Crippen molar-refractivity contribution >= 4 is 17.3 Å². The molecule has 0 aromatic heterocycles. The Bertz CT molecular complexity index is 826. The van der Waals surface area contributed by atoms with Crippen LogP contribution >= 0.6 is 0 Å². The highest BCUT2D eigenvalue weighted by atomic mass is 16.5. The van der Waals surface area contributed by atoms with Gasteiger partial charge in [0.1, 0.15) is 5.75 Å². The number of hydrogen-bond donors (Lipinski definition) is 1. The third-order valence-corrected chi connectivity index (χ3v) is 6.05. The molecule has 148 valence electrons. The van der Waals surface area contributed by atoms with Crippen LogP contribution in [-0.4, -0.2) is 50.1 Å². The number of hydrogen-bond acceptors (Lipinski definition) is 4. The molecule has 1 heterocycles. The van der Waals surface area contributed by atoms with Crippen molar-refractivity contribution < 1.29 is 9.53 Å². The van der Waals surface area contributed by atoms with Crippen LogP contribution in [0.3, 0.4) is 0 Å². The summed E-state index contributed by atoms with van der Waals surface area (Å²) in [7, 11) is 1.68. The summed E-state index contributed by atoms with van der Waals surface area (Å²) in [4.78, 5) is 17.4. The maximum atomic E-state index is 12.8. The number of nitrogens with one attached hydrogen (secondary N) is 1. The van der Waals surface area contributed by atoms with E-state index in [4.69, 9.17) is 4.74 Å². The summed E-state index contributed by atoms with van der Waals surface area (Å²) in [6.45, 7) is 5.60. The predicted molar refractivity (Wildman–Crippen MR) is 113 cm³/mol. The van der Waals surface area contributed by atoms with E-state index in [0.717, 1.165) is 44.0 Å². The topological polar surface area (TPSA) is 44.8 Å². The number of methoxy groups -OCH3 is 1. The minimum absolute atomic E-state index is 0.0795. The molecule has 5 heteroatoms. The molecule has 4 rings (SSSR count). The van der Waals surface area contributed by atoms with E-state index < -0.39 is 0 Å². The van der Waals surface area contributed by atoms with Gasteiger partial charge in [0.05, 0.1) is 13.2 Å². The molecule has 0 bridgehead atoms. The van der Waals surface area contributed by atoms with Gasteiger partial charge in [-0.05, 0) is 73.7 Å². The molecule has 2 aliphatic rings. The van der Waals surface area contributed by atoms with Gasteiger partial charge in [-0.2, -0.15) is 0 Å². The highest BCUT2D eigenvalue weighted by Crippen LogP contribution is 2.25. The number of amides is 1. The molecule has 0 saturated carbocycles. The van der Waals surface area contributed by atoms with Crippen LogP contribution in [0.4, 0.5) is 11.4 Å². The van der Waals surface area contributed by atoms with Crippen molar-refractivity contribution in [2.24, 2.45) is 0 Å². The largest absolute Gasteiger partial charge is 0.497 e. The third-order valence-electron chi connectivity index (χ3n) is 6.05. The molecule has 1 atom stereocenters. The van der Waals surface area contributed by atoms with E-state index in [1.807, 2.05) is 25.1 Å². The Labute approximate surface area is 167 Å². The van der Waals surface area contributed by atoms with Gasteiger partial charge in [-0.15, -0.1) is 0 Å². The number of rotatable bonds is 5. The lowest BCUT2D eigenvalue weighted by atomic mass is 10.1. The second-order valence-corrected chi connectivity index (χ2v) is 7.72. The number of nitrogens with zero attached hydrogens (tertiary/aromatic N) is 2. The van der Waals surface area contributed by atoms with E-state index in [9.17, 15) is 4.79 Å². The first-order valence-electron chi connectivity index (χ1n) is 10.2. The van der Waals surface area contributed by atoms with Crippen LogP contribution in [0.25, 0.3) is 0 Å². The quantitative estimate of drug-likeness (QED) is 0.866. The smallest absolute Gasteiger partial charge is 0.241 e. The van der Waals surface area contributed by atoms with Crippen LogP contribution < -0.4 is 15.0 Å². The van der Waals surface area contributed by atoms with Gasteiger partial charge in [-0.25, -0.2) is 0 Å². The Balaban J connectivity index is 1.31. The summed E-state index contributed by atoms with van der Waals surface area (Å²) in [6, 6.07) is 14.4. The van der Waals surface area contributed by atoms with Gasteiger partial charge < -0.3 is 15.0 Å². The van der Waals surface area contributed by atoms with Gasteiger partial charge in [0.25, 0.3) is 0 Å². The van der Waals surface area contributed by atoms with E-state index in [-0.39, 0.29) is 11.9 Å². The van der Waals surface area contributed by atoms with Crippen molar-refractivity contribution in [1.82, 2.24) is 4.90 Å². The van der Waals surface area contributed by atoms with E-state index in [1.165, 1.54) is 29.7 Å². The van der Waals surface area contributed by atoms with Crippen LogP contribution in [0.5, 0.6) is 5.75 Å². The highest BCUT2D eigenvalue weighted by molar-refractivity contribution is 5.94. The normalized spacial score (nSPS) is 17.9. The van der Waals surface area contributed by atoms with E-state index in [2.05, 4.69) is 39.4 Å². The number of benzene rings is 2. The fourth-order valence-electron chi connectivity index (χ4n) is 4.22. The summed E-state index contributed by atoms with van der Waals surface area (Å²) in [5.74, 6) is 0.954. The van der Waals surface area contributed by atoms with Crippen molar-refractivity contribution in [1.29, 1.82) is 0 Å². The monoisotopic (exact) mass is 379 g/mol. The number of aryl methyl sites for hydroxylation is 2. The zero-order chi connectivity index (χ0) is 19.5. The van der Waals surface area contributed by atoms with Gasteiger partial charge in [-0.3, -0.25) is 9.69 Å². The average Bonchev–Trinajstić information content (AvgIpc) is 3.21. The summed E-state index contributed by atoms with van der Waals surface area (Å²) in [5.41, 5.74) is 4.95. The number of piperazine rings is 1. The van der Waals surface area contributed by atoms with Gasteiger partial charge in [-0.1, -0.05) is 6.07 Å². The zero-order valence-corrected chi connectivity index (χ0v) is 16.8. The van der Waals surface area contributed by atoms with Crippen LogP contribution in [0.1, 0.15) is 24.5 Å². The van der Waals surface area contributed by atoms with Crippen molar-refractivity contribution in [3.63, 3.8) is 0 Å². The molecule has 1 unspecified atom stereocenters. The second-order valence-electron chi connectivity index (χ2n) is 7.72. The lowest BCUT2D eigenvalue weighted by molar-refractivity contribution is -0.120. The van der Waals surface area contributed by atoms with Gasteiger partial charge in [0.15, 0.2) is 0 Å². The van der Waals surface area contributed by atoms with Crippen LogP contribution in [0.15, 0.2) is 42.5 Å². The summed E-state index contributed by atoms with van der Waals surface area (Å²) in [5, 5.41) is 3.12. The van der Waals surface area contributed by atoms with Crippen LogP contribution in [0.2, 0.25) is 0 Å². The van der Waals surface area contributed by atoms with Gasteiger partial charge >= 0.3 is 0 Å². The van der Waals surface area contributed by atoms with E-state index >= 15 is 0 Å². The Kier molecular flexibility index (Phi) is 5.53. The molecule has 1 saturated heterocycles. The molecule has 1 N–H and O–H groups in total. The predicted octanol–water partition coefficient (Wildman–Crippen LogP) is 3.33. The molecule has 5 nitrogen and oxygen atoms in total. The molecule has 1 amide bonds. The Morgan fingerprint density at radius 3 is 2.43 bits per heavy atom. The number of carbonyl (C=O) groups excluding carboxylic acids is 1. The van der Waals surface area contributed by atoms with Crippen molar-refractivity contribution in [2.45, 2.75) is 32.2 Å². The molecule has 1 fully saturated rings. The lowest BCUT2D eigenvalue weighted by Gasteiger charge is -2.38. The average molecular weight is 380 g/mol. The third kappa shape index (κ3) is 3.99. The number of anilines is 2. The molecule has 2 aromatic carbocycles. The number of fused-ring (bicyclic) bond motifs is 1. The molecule has 2 aromatic rings. The Morgan fingerprint density at radius 2 is 1.71 bits per heavy atom. The molecular formula is C23H29N3O2. The first-order chi connectivity index (χ1) is 13.6. The van der Waals surface area contributed by atoms with E-state index in [1.54, 1.807) is 7.11 Å². The standard InChI is InChI=1S/C23H29N3O2/c1-17(23(27)24-20-7-6-18-4-3-5-19(18)16-20)25-12-14-26(15-13-25)21-8-10-22(28-2)11-9-21/h6-11,16-17H,3-5,12-15H2,1-2H3,(H,24,27). The first kappa shape index (κ1) is 18.8. The van der Waals surface area contributed by atoms with Crippen LogP contribution in [-0.2, 0) is 17.6 Å². The first-order valence-corrected chi connectivity index (χ1v) is 10.2. The number of ether oxygens (including phenoxy) is 1. The summed E-state index contributed by atoms with van der Waals surface area (Å²) in [6.07, 6.45) is 3.52. The Hall–Kier alpha value is -2.53. The molecular weight excluding hydrogens is 350 g/mol. The minimum atomic E-state index is -0.133. The maximum Gasteiger partial charge on any atom is 0.241 e. The summed E-state index contributed by atoms with van der Waals surface area (Å²) < 4.78 is 5.23. The molecule has 0 spiro atoms. The summed E-state index contributed by atoms with van der Waals surface area (Å²) >= 11 is 0. The second kappa shape index (κ2) is 8.23. The van der Waals surface area contributed by atoms with Crippen molar-refractivity contribution in [3.8, 4) is 5.75 Å². The fourth-order valence-corrected chi connectivity index (χ4v) is 4.22. The van der Waals surface area contributed by atoms with E-state index in [0.29, 0.717) is 0 Å². The highest BCUT2D eigenvalue weighted by Gasteiger charge is 2.26. The zero-order valence-electron chi connectivity index (χ0n) is 16.8. The minimum Gasteiger partial charge on any atom is -0.497 e. The maximum absolute atomic E-state index is 12.8. The number of carbonyl (C=O) groups is 1. The SMILES string of the molecule is COc1ccc(N2CCN(C(C)C(=O)Nc3ccc4c(c3)CCC4)CC2)cc1. The molecule has 1 aliphatic heterocycles. The fraction of sp³-hybridized carbons (Fsp3) is 0.435. The Morgan fingerprint density at radius 1 is 1.00 bits per heavy atom. The van der Waals surface area contributed by atoms with Gasteiger partial charge in [0.2, 0.25) is 5.91 Å². The molecule has 1 aliphatic carbocycles. The molecule has 28 heavy (non-hydrogen) atoms. The van der Waals surface area contributed by atoms with Crippen molar-refractivity contribution in [2.75, 3.05) is 43.5 Å².